The molecule has 1 fully saturated rings. The first-order valence-electron chi connectivity index (χ1n) is 6.31. The Kier molecular flexibility index (Phi) is 4.00. The lowest BCUT2D eigenvalue weighted by Crippen LogP contribution is -2.55. The smallest absolute Gasteiger partial charge is 0.240 e. The molecule has 0 aromatic heterocycles. The van der Waals surface area contributed by atoms with Gasteiger partial charge in [0.15, 0.2) is 0 Å². The predicted molar refractivity (Wildman–Crippen MR) is 67.0 cm³/mol. The monoisotopic (exact) mass is 226 g/mol. The Balaban J connectivity index is 2.73. The van der Waals surface area contributed by atoms with Gasteiger partial charge in [-0.15, -0.1) is 0 Å². The van der Waals surface area contributed by atoms with Crippen molar-refractivity contribution in [2.75, 3.05) is 6.54 Å². The lowest BCUT2D eigenvalue weighted by molar-refractivity contribution is -0.139. The van der Waals surface area contributed by atoms with Crippen LogP contribution < -0.4 is 5.73 Å². The van der Waals surface area contributed by atoms with Crippen LogP contribution in [0.5, 0.6) is 0 Å². The van der Waals surface area contributed by atoms with Gasteiger partial charge in [0.1, 0.15) is 0 Å². The van der Waals surface area contributed by atoms with E-state index in [0.717, 1.165) is 13.0 Å². The molecule has 0 aliphatic carbocycles. The van der Waals surface area contributed by atoms with Crippen molar-refractivity contribution < 1.29 is 4.79 Å². The summed E-state index contributed by atoms with van der Waals surface area (Å²) in [5, 5.41) is 0. The molecule has 16 heavy (non-hydrogen) atoms. The highest BCUT2D eigenvalue weighted by Crippen LogP contribution is 2.26. The summed E-state index contributed by atoms with van der Waals surface area (Å²) in [6.07, 6.45) is 2.32. The molecule has 0 spiro atoms. The quantitative estimate of drug-likeness (QED) is 0.743. The van der Waals surface area contributed by atoms with Gasteiger partial charge >= 0.3 is 0 Å². The fourth-order valence-corrected chi connectivity index (χ4v) is 2.20. The lowest BCUT2D eigenvalue weighted by atomic mass is 9.84. The van der Waals surface area contributed by atoms with Crippen molar-refractivity contribution in [1.82, 2.24) is 4.90 Å². The Morgan fingerprint density at radius 1 is 1.38 bits per heavy atom. The van der Waals surface area contributed by atoms with Gasteiger partial charge in [-0.3, -0.25) is 4.79 Å². The minimum absolute atomic E-state index is 0.117. The van der Waals surface area contributed by atoms with Crippen molar-refractivity contribution >= 4 is 5.91 Å². The summed E-state index contributed by atoms with van der Waals surface area (Å²) < 4.78 is 0. The van der Waals surface area contributed by atoms with Gasteiger partial charge in [-0.1, -0.05) is 27.7 Å². The maximum absolute atomic E-state index is 12.3. The molecule has 2 N–H and O–H groups in total. The Labute approximate surface area is 99.4 Å². The Morgan fingerprint density at radius 3 is 2.44 bits per heavy atom. The van der Waals surface area contributed by atoms with Crippen molar-refractivity contribution in [3.8, 4) is 0 Å². The molecule has 1 rings (SSSR count). The van der Waals surface area contributed by atoms with Crippen molar-refractivity contribution in [1.29, 1.82) is 0 Å². The van der Waals surface area contributed by atoms with Crippen molar-refractivity contribution in [3.05, 3.63) is 0 Å². The maximum Gasteiger partial charge on any atom is 0.240 e. The average Bonchev–Trinajstić information content (AvgIpc) is 2.18. The van der Waals surface area contributed by atoms with Crippen LogP contribution in [0.2, 0.25) is 0 Å². The van der Waals surface area contributed by atoms with Gasteiger partial charge in [0, 0.05) is 12.6 Å². The standard InChI is InChI=1S/C13H26N2O/c1-9-7-6-8-15(10(9)2)12(16)11(14)13(3,4)5/h9-11H,6-8,14H2,1-5H3/t9?,10?,11-/m0/s1. The first-order valence-corrected chi connectivity index (χ1v) is 6.31. The second-order valence-electron chi connectivity index (χ2n) is 6.24. The molecule has 2 unspecified atom stereocenters. The van der Waals surface area contributed by atoms with E-state index in [1.807, 2.05) is 25.7 Å². The molecule has 3 heteroatoms. The maximum atomic E-state index is 12.3. The van der Waals surface area contributed by atoms with E-state index in [9.17, 15) is 4.79 Å². The van der Waals surface area contributed by atoms with Gasteiger partial charge < -0.3 is 10.6 Å². The summed E-state index contributed by atoms with van der Waals surface area (Å²) >= 11 is 0. The number of likely N-dealkylation sites (tertiary alicyclic amines) is 1. The number of nitrogens with two attached hydrogens (primary N) is 1. The van der Waals surface area contributed by atoms with Crippen LogP contribution in [-0.2, 0) is 4.79 Å². The SMILES string of the molecule is CC1CCCN(C(=O)[C@H](N)C(C)(C)C)C1C. The highest BCUT2D eigenvalue weighted by molar-refractivity contribution is 5.82. The molecule has 3 atom stereocenters. The van der Waals surface area contributed by atoms with Gasteiger partial charge in [0.2, 0.25) is 5.91 Å². The van der Waals surface area contributed by atoms with Gasteiger partial charge in [-0.25, -0.2) is 0 Å². The zero-order valence-electron chi connectivity index (χ0n) is 11.3. The molecule has 0 bridgehead atoms. The molecule has 0 aromatic rings. The normalized spacial score (nSPS) is 29.0. The minimum Gasteiger partial charge on any atom is -0.338 e. The molecule has 1 aliphatic heterocycles. The first kappa shape index (κ1) is 13.5. The third-order valence-corrected chi connectivity index (χ3v) is 3.86. The Hall–Kier alpha value is -0.570. The van der Waals surface area contributed by atoms with E-state index in [-0.39, 0.29) is 17.4 Å². The number of carbonyl (C=O) groups excluding carboxylic acids is 1. The van der Waals surface area contributed by atoms with Crippen LogP contribution >= 0.6 is 0 Å². The summed E-state index contributed by atoms with van der Waals surface area (Å²) in [4.78, 5) is 14.3. The molecule has 1 aliphatic rings. The van der Waals surface area contributed by atoms with Gasteiger partial charge in [-0.2, -0.15) is 0 Å². The topological polar surface area (TPSA) is 46.3 Å². The van der Waals surface area contributed by atoms with Crippen molar-refractivity contribution in [3.63, 3.8) is 0 Å². The largest absolute Gasteiger partial charge is 0.338 e. The van der Waals surface area contributed by atoms with Crippen LogP contribution in [0.15, 0.2) is 0 Å². The van der Waals surface area contributed by atoms with Gasteiger partial charge in [0.25, 0.3) is 0 Å². The average molecular weight is 226 g/mol. The fourth-order valence-electron chi connectivity index (χ4n) is 2.20. The molecule has 94 valence electrons. The molecule has 1 amide bonds. The molecule has 0 radical (unpaired) electrons. The van der Waals surface area contributed by atoms with Crippen LogP contribution in [0.3, 0.4) is 0 Å². The number of hydrogen-bond acceptors (Lipinski definition) is 2. The van der Waals surface area contributed by atoms with Crippen molar-refractivity contribution in [2.24, 2.45) is 17.1 Å². The van der Waals surface area contributed by atoms with E-state index in [1.165, 1.54) is 6.42 Å². The van der Waals surface area contributed by atoms with Crippen LogP contribution in [0.25, 0.3) is 0 Å². The van der Waals surface area contributed by atoms with E-state index in [2.05, 4.69) is 13.8 Å². The number of carbonyl (C=O) groups is 1. The van der Waals surface area contributed by atoms with E-state index < -0.39 is 0 Å². The summed E-state index contributed by atoms with van der Waals surface area (Å²) in [5.41, 5.74) is 5.89. The molecular formula is C13H26N2O. The second-order valence-corrected chi connectivity index (χ2v) is 6.24. The third kappa shape index (κ3) is 2.76. The summed E-state index contributed by atoms with van der Waals surface area (Å²) in [5.74, 6) is 0.705. The van der Waals surface area contributed by atoms with Crippen LogP contribution in [-0.4, -0.2) is 29.4 Å². The second kappa shape index (κ2) is 4.74. The van der Waals surface area contributed by atoms with Gasteiger partial charge in [-0.05, 0) is 31.1 Å². The summed E-state index contributed by atoms with van der Waals surface area (Å²) in [6, 6.07) is -0.0603. The number of hydrogen-bond donors (Lipinski definition) is 1. The van der Waals surface area contributed by atoms with Gasteiger partial charge in [0.05, 0.1) is 6.04 Å². The molecule has 1 heterocycles. The summed E-state index contributed by atoms with van der Waals surface area (Å²) in [7, 11) is 0. The Bertz CT molecular complexity index is 257. The minimum atomic E-state index is -0.389. The highest BCUT2D eigenvalue weighted by atomic mass is 16.2. The number of nitrogens with zero attached hydrogens (tertiary/aromatic N) is 1. The molecule has 0 saturated carbocycles. The third-order valence-electron chi connectivity index (χ3n) is 3.86. The molecule has 3 nitrogen and oxygen atoms in total. The lowest BCUT2D eigenvalue weighted by Gasteiger charge is -2.41. The Morgan fingerprint density at radius 2 is 1.94 bits per heavy atom. The van der Waals surface area contributed by atoms with Crippen molar-refractivity contribution in [2.45, 2.75) is 59.5 Å². The van der Waals surface area contributed by atoms with Crippen LogP contribution in [0.1, 0.15) is 47.5 Å². The first-order chi connectivity index (χ1) is 7.25. The number of rotatable bonds is 1. The zero-order chi connectivity index (χ0) is 12.5. The van der Waals surface area contributed by atoms with E-state index >= 15 is 0 Å². The molecule has 1 saturated heterocycles. The zero-order valence-corrected chi connectivity index (χ0v) is 11.3. The van der Waals surface area contributed by atoms with Crippen LogP contribution in [0.4, 0.5) is 0 Å². The van der Waals surface area contributed by atoms with Crippen LogP contribution in [0, 0.1) is 11.3 Å². The predicted octanol–water partition coefficient (Wildman–Crippen LogP) is 2.01. The van der Waals surface area contributed by atoms with E-state index in [0.29, 0.717) is 12.0 Å². The van der Waals surface area contributed by atoms with E-state index in [4.69, 9.17) is 5.73 Å². The molecular weight excluding hydrogens is 200 g/mol. The fraction of sp³-hybridized carbons (Fsp3) is 0.923. The molecule has 0 aromatic carbocycles. The van der Waals surface area contributed by atoms with E-state index in [1.54, 1.807) is 0 Å². The summed E-state index contributed by atoms with van der Waals surface area (Å²) in [6.45, 7) is 11.3. The number of piperidine rings is 1. The number of amides is 1. The highest BCUT2D eigenvalue weighted by Gasteiger charge is 2.35.